The molecule has 0 N–H and O–H groups in total. The molecule has 0 unspecified atom stereocenters. The van der Waals surface area contributed by atoms with Crippen molar-refractivity contribution >= 4 is 5.57 Å². The molecule has 3 rings (SSSR count). The van der Waals surface area contributed by atoms with Gasteiger partial charge in [0, 0.05) is 31.0 Å². The summed E-state index contributed by atoms with van der Waals surface area (Å²) in [5.74, 6) is 0.773. The minimum absolute atomic E-state index is 0.773. The van der Waals surface area contributed by atoms with Gasteiger partial charge >= 0.3 is 0 Å². The number of hydrogen-bond acceptors (Lipinski definition) is 3. The summed E-state index contributed by atoms with van der Waals surface area (Å²) in [4.78, 5) is 10.8. The fourth-order valence-corrected chi connectivity index (χ4v) is 2.39. The SMILES string of the molecule is C=CN1CC=C(c2ccc(-c3ncccn3)cc2)CC1.CC. The number of nitrogens with zero attached hydrogens (tertiary/aromatic N) is 3. The molecule has 1 aromatic heterocycles. The second kappa shape index (κ2) is 8.13. The quantitative estimate of drug-likeness (QED) is 0.839. The minimum atomic E-state index is 0.773. The van der Waals surface area contributed by atoms with Crippen molar-refractivity contribution in [3.05, 3.63) is 67.1 Å². The molecule has 2 aromatic rings. The van der Waals surface area contributed by atoms with E-state index in [0.717, 1.165) is 30.9 Å². The summed E-state index contributed by atoms with van der Waals surface area (Å²) in [6, 6.07) is 10.3. The third kappa shape index (κ3) is 3.82. The topological polar surface area (TPSA) is 29.0 Å². The summed E-state index contributed by atoms with van der Waals surface area (Å²) in [5, 5.41) is 0. The molecular formula is C19H23N3. The minimum Gasteiger partial charge on any atom is -0.374 e. The van der Waals surface area contributed by atoms with Gasteiger partial charge in [-0.3, -0.25) is 0 Å². The highest BCUT2D eigenvalue weighted by Gasteiger charge is 2.10. The molecule has 0 bridgehead atoms. The van der Waals surface area contributed by atoms with Crippen LogP contribution in [0, 0.1) is 0 Å². The average molecular weight is 293 g/mol. The predicted octanol–water partition coefficient (Wildman–Crippen LogP) is 4.40. The van der Waals surface area contributed by atoms with Gasteiger partial charge in [-0.2, -0.15) is 0 Å². The molecule has 0 radical (unpaired) electrons. The van der Waals surface area contributed by atoms with Crippen LogP contribution in [0.2, 0.25) is 0 Å². The Hall–Kier alpha value is -2.42. The molecule has 0 atom stereocenters. The number of benzene rings is 1. The van der Waals surface area contributed by atoms with Gasteiger partial charge < -0.3 is 4.90 Å². The third-order valence-electron chi connectivity index (χ3n) is 3.58. The molecule has 0 spiro atoms. The first kappa shape index (κ1) is 16.0. The lowest BCUT2D eigenvalue weighted by atomic mass is 9.98. The molecule has 3 nitrogen and oxygen atoms in total. The Morgan fingerprint density at radius 1 is 1.05 bits per heavy atom. The van der Waals surface area contributed by atoms with Crippen LogP contribution in [-0.4, -0.2) is 28.0 Å². The summed E-state index contributed by atoms with van der Waals surface area (Å²) in [5.41, 5.74) is 3.75. The highest BCUT2D eigenvalue weighted by Crippen LogP contribution is 2.24. The largest absolute Gasteiger partial charge is 0.374 e. The Morgan fingerprint density at radius 2 is 1.68 bits per heavy atom. The molecular weight excluding hydrogens is 270 g/mol. The number of rotatable bonds is 3. The van der Waals surface area contributed by atoms with Crippen LogP contribution in [0.15, 0.2) is 61.6 Å². The van der Waals surface area contributed by atoms with Gasteiger partial charge in [-0.05, 0) is 29.8 Å². The molecule has 1 aliphatic heterocycles. The highest BCUT2D eigenvalue weighted by atomic mass is 15.1. The lowest BCUT2D eigenvalue weighted by molar-refractivity contribution is 0.415. The van der Waals surface area contributed by atoms with E-state index in [-0.39, 0.29) is 0 Å². The Labute approximate surface area is 133 Å². The molecule has 3 heteroatoms. The zero-order chi connectivity index (χ0) is 15.8. The van der Waals surface area contributed by atoms with Crippen molar-refractivity contribution in [1.29, 1.82) is 0 Å². The van der Waals surface area contributed by atoms with E-state index in [2.05, 4.69) is 51.8 Å². The fourth-order valence-electron chi connectivity index (χ4n) is 2.39. The van der Waals surface area contributed by atoms with Crippen LogP contribution in [0.4, 0.5) is 0 Å². The van der Waals surface area contributed by atoms with E-state index in [4.69, 9.17) is 0 Å². The van der Waals surface area contributed by atoms with Crippen molar-refractivity contribution in [2.45, 2.75) is 20.3 Å². The van der Waals surface area contributed by atoms with Crippen LogP contribution in [0.1, 0.15) is 25.8 Å². The average Bonchev–Trinajstić information content (AvgIpc) is 2.64. The van der Waals surface area contributed by atoms with Gasteiger partial charge in [-0.1, -0.05) is 50.8 Å². The van der Waals surface area contributed by atoms with Crippen LogP contribution in [0.25, 0.3) is 17.0 Å². The molecule has 0 amide bonds. The van der Waals surface area contributed by atoms with E-state index in [1.807, 2.05) is 26.1 Å². The van der Waals surface area contributed by atoms with Gasteiger partial charge in [0.15, 0.2) is 5.82 Å². The lowest BCUT2D eigenvalue weighted by Gasteiger charge is -2.24. The van der Waals surface area contributed by atoms with E-state index in [1.54, 1.807) is 12.4 Å². The van der Waals surface area contributed by atoms with Crippen molar-refractivity contribution in [2.75, 3.05) is 13.1 Å². The van der Waals surface area contributed by atoms with Gasteiger partial charge in [0.2, 0.25) is 0 Å². The Kier molecular flexibility index (Phi) is 5.90. The molecule has 0 saturated heterocycles. The van der Waals surface area contributed by atoms with Crippen LogP contribution < -0.4 is 0 Å². The van der Waals surface area contributed by atoms with Crippen molar-refractivity contribution < 1.29 is 0 Å². The summed E-state index contributed by atoms with van der Waals surface area (Å²) in [6.45, 7) is 9.80. The van der Waals surface area contributed by atoms with Crippen molar-refractivity contribution in [1.82, 2.24) is 14.9 Å². The molecule has 0 saturated carbocycles. The smallest absolute Gasteiger partial charge is 0.159 e. The van der Waals surface area contributed by atoms with Crippen molar-refractivity contribution in [3.8, 4) is 11.4 Å². The molecule has 0 fully saturated rings. The Morgan fingerprint density at radius 3 is 2.23 bits per heavy atom. The Bertz CT molecular complexity index is 615. The highest BCUT2D eigenvalue weighted by molar-refractivity contribution is 5.69. The molecule has 2 heterocycles. The second-order valence-corrected chi connectivity index (χ2v) is 4.81. The molecule has 22 heavy (non-hydrogen) atoms. The van der Waals surface area contributed by atoms with Crippen LogP contribution >= 0.6 is 0 Å². The van der Waals surface area contributed by atoms with E-state index in [9.17, 15) is 0 Å². The van der Waals surface area contributed by atoms with Crippen LogP contribution in [0.5, 0.6) is 0 Å². The van der Waals surface area contributed by atoms with E-state index in [1.165, 1.54) is 11.1 Å². The monoisotopic (exact) mass is 293 g/mol. The van der Waals surface area contributed by atoms with Crippen molar-refractivity contribution in [2.24, 2.45) is 0 Å². The maximum absolute atomic E-state index is 4.27. The molecule has 114 valence electrons. The lowest BCUT2D eigenvalue weighted by Crippen LogP contribution is -2.22. The van der Waals surface area contributed by atoms with Crippen molar-refractivity contribution in [3.63, 3.8) is 0 Å². The summed E-state index contributed by atoms with van der Waals surface area (Å²) >= 11 is 0. The van der Waals surface area contributed by atoms with E-state index >= 15 is 0 Å². The van der Waals surface area contributed by atoms with Crippen LogP contribution in [0.3, 0.4) is 0 Å². The standard InChI is InChI=1S/C17H17N3.C2H6/c1-2-20-12-8-15(9-13-20)14-4-6-16(7-5-14)17-18-10-3-11-19-17;1-2/h2-8,10-11H,1,9,12-13H2;1-2H3. The van der Waals surface area contributed by atoms with Crippen LogP contribution in [-0.2, 0) is 0 Å². The predicted molar refractivity (Wildman–Crippen MR) is 93.2 cm³/mol. The summed E-state index contributed by atoms with van der Waals surface area (Å²) < 4.78 is 0. The third-order valence-corrected chi connectivity index (χ3v) is 3.58. The molecule has 1 aliphatic rings. The molecule has 0 aliphatic carbocycles. The zero-order valence-electron chi connectivity index (χ0n) is 13.4. The first-order valence-corrected chi connectivity index (χ1v) is 7.80. The normalized spacial score (nSPS) is 13.7. The molecule has 1 aromatic carbocycles. The fraction of sp³-hybridized carbons (Fsp3) is 0.263. The maximum Gasteiger partial charge on any atom is 0.159 e. The first-order valence-electron chi connectivity index (χ1n) is 7.80. The zero-order valence-corrected chi connectivity index (χ0v) is 13.4. The first-order chi connectivity index (χ1) is 10.9. The second-order valence-electron chi connectivity index (χ2n) is 4.81. The number of hydrogen-bond donors (Lipinski definition) is 0. The summed E-state index contributed by atoms with van der Waals surface area (Å²) in [7, 11) is 0. The summed E-state index contributed by atoms with van der Waals surface area (Å²) in [6.07, 6.45) is 8.78. The van der Waals surface area contributed by atoms with E-state index in [0.29, 0.717) is 0 Å². The van der Waals surface area contributed by atoms with Gasteiger partial charge in [-0.25, -0.2) is 9.97 Å². The Balaban J connectivity index is 0.000000847. The van der Waals surface area contributed by atoms with Gasteiger partial charge in [0.25, 0.3) is 0 Å². The van der Waals surface area contributed by atoms with Gasteiger partial charge in [0.1, 0.15) is 0 Å². The van der Waals surface area contributed by atoms with Gasteiger partial charge in [-0.15, -0.1) is 0 Å². The number of aromatic nitrogens is 2. The van der Waals surface area contributed by atoms with Gasteiger partial charge in [0.05, 0.1) is 0 Å². The van der Waals surface area contributed by atoms with E-state index < -0.39 is 0 Å². The maximum atomic E-state index is 4.27.